The molecule has 0 N–H and O–H groups in total. The van der Waals surface area contributed by atoms with E-state index in [2.05, 4.69) is 26.7 Å². The summed E-state index contributed by atoms with van der Waals surface area (Å²) in [7, 11) is 1.76. The predicted octanol–water partition coefficient (Wildman–Crippen LogP) is 2.79. The average Bonchev–Trinajstić information content (AvgIpc) is 2.52. The van der Waals surface area contributed by atoms with E-state index in [9.17, 15) is 0 Å². The second-order valence-electron chi connectivity index (χ2n) is 4.13. The molecule has 0 fully saturated rings. The minimum absolute atomic E-state index is 0.522. The lowest BCUT2D eigenvalue weighted by Gasteiger charge is -2.11. The van der Waals surface area contributed by atoms with Crippen molar-refractivity contribution in [1.29, 1.82) is 0 Å². The van der Waals surface area contributed by atoms with Crippen LogP contribution in [-0.2, 0) is 0 Å². The zero-order valence-electron chi connectivity index (χ0n) is 11.4. The Morgan fingerprint density at radius 2 is 1.60 bits per heavy atom. The molecular weight excluding hydrogens is 248 g/mol. The highest BCUT2D eigenvalue weighted by molar-refractivity contribution is 6.19. The molecule has 0 radical (unpaired) electrons. The highest BCUT2D eigenvalue weighted by atomic mass is 14.7. The van der Waals surface area contributed by atoms with Crippen molar-refractivity contribution < 1.29 is 0 Å². The molecule has 2 aromatic rings. The van der Waals surface area contributed by atoms with E-state index in [-0.39, 0.29) is 0 Å². The maximum Gasteiger partial charge on any atom is 0.0645 e. The number of nitrogens with zero attached hydrogens (tertiary/aromatic N) is 4. The monoisotopic (exact) mass is 264 g/mol. The van der Waals surface area contributed by atoms with Crippen molar-refractivity contribution in [1.82, 2.24) is 9.97 Å². The van der Waals surface area contributed by atoms with Crippen molar-refractivity contribution in [3.05, 3.63) is 60.2 Å². The van der Waals surface area contributed by atoms with Gasteiger partial charge >= 0.3 is 0 Å². The first-order valence-corrected chi connectivity index (χ1v) is 6.25. The summed E-state index contributed by atoms with van der Waals surface area (Å²) in [6.45, 7) is 4.13. The van der Waals surface area contributed by atoms with Crippen molar-refractivity contribution in [2.45, 2.75) is 0 Å². The highest BCUT2D eigenvalue weighted by Gasteiger charge is 2.09. The summed E-state index contributed by atoms with van der Waals surface area (Å²) >= 11 is 0. The molecular formula is C16H16N4. The Morgan fingerprint density at radius 3 is 2.10 bits per heavy atom. The zero-order chi connectivity index (χ0) is 14.2. The Balaban J connectivity index is 2.63. The summed E-state index contributed by atoms with van der Waals surface area (Å²) < 4.78 is 0. The standard InChI is InChI=1S/C16H16N4/c1-17-11-15(13-3-7-19-8-4-13)16(12-18-2)14-5-9-20-10-6-14/h3-10,12H,1,11H2,2H3/b16-15-,18-12?. The second kappa shape index (κ2) is 7.09. The van der Waals surface area contributed by atoms with Crippen molar-refractivity contribution in [2.75, 3.05) is 13.6 Å². The lowest BCUT2D eigenvalue weighted by atomic mass is 9.96. The molecule has 0 spiro atoms. The van der Waals surface area contributed by atoms with Crippen molar-refractivity contribution in [3.8, 4) is 0 Å². The molecule has 0 saturated heterocycles. The Morgan fingerprint density at radius 1 is 1.05 bits per heavy atom. The first-order chi connectivity index (χ1) is 9.86. The summed E-state index contributed by atoms with van der Waals surface area (Å²) in [6, 6.07) is 7.85. The maximum atomic E-state index is 4.16. The quantitative estimate of drug-likeness (QED) is 0.780. The van der Waals surface area contributed by atoms with Crippen LogP contribution in [0.25, 0.3) is 11.1 Å². The van der Waals surface area contributed by atoms with Gasteiger partial charge in [0.2, 0.25) is 0 Å². The lowest BCUT2D eigenvalue weighted by molar-refractivity contribution is 1.25. The van der Waals surface area contributed by atoms with Crippen LogP contribution in [0, 0.1) is 0 Å². The topological polar surface area (TPSA) is 50.5 Å². The van der Waals surface area contributed by atoms with Crippen LogP contribution in [0.3, 0.4) is 0 Å². The van der Waals surface area contributed by atoms with Gasteiger partial charge in [-0.05, 0) is 47.7 Å². The normalized spacial score (nSPS) is 12.2. The number of rotatable bonds is 5. The van der Waals surface area contributed by atoms with Crippen molar-refractivity contribution >= 4 is 24.1 Å². The van der Waals surface area contributed by atoms with E-state index >= 15 is 0 Å². The van der Waals surface area contributed by atoms with Crippen LogP contribution in [-0.4, -0.2) is 36.5 Å². The van der Waals surface area contributed by atoms with Gasteiger partial charge in [0.25, 0.3) is 0 Å². The summed E-state index contributed by atoms with van der Waals surface area (Å²) in [5.74, 6) is 0. The summed E-state index contributed by atoms with van der Waals surface area (Å²) in [5.41, 5.74) is 4.22. The maximum absolute atomic E-state index is 4.16. The highest BCUT2D eigenvalue weighted by Crippen LogP contribution is 2.25. The van der Waals surface area contributed by atoms with Gasteiger partial charge in [0.05, 0.1) is 6.54 Å². The molecule has 0 aliphatic carbocycles. The number of aliphatic imine (C=N–C) groups is 2. The van der Waals surface area contributed by atoms with Gasteiger partial charge in [-0.3, -0.25) is 20.0 Å². The average molecular weight is 264 g/mol. The molecule has 20 heavy (non-hydrogen) atoms. The van der Waals surface area contributed by atoms with E-state index < -0.39 is 0 Å². The minimum Gasteiger partial charge on any atom is -0.296 e. The molecule has 0 aromatic carbocycles. The van der Waals surface area contributed by atoms with E-state index in [1.165, 1.54) is 0 Å². The third-order valence-electron chi connectivity index (χ3n) is 2.87. The number of aromatic nitrogens is 2. The summed E-state index contributed by atoms with van der Waals surface area (Å²) in [4.78, 5) is 16.3. The number of hydrogen-bond acceptors (Lipinski definition) is 4. The third-order valence-corrected chi connectivity index (χ3v) is 2.87. The minimum atomic E-state index is 0.522. The van der Waals surface area contributed by atoms with Gasteiger partial charge in [0.1, 0.15) is 0 Å². The molecule has 4 nitrogen and oxygen atoms in total. The van der Waals surface area contributed by atoms with Crippen LogP contribution in [0.4, 0.5) is 0 Å². The molecule has 2 aromatic heterocycles. The molecule has 4 heteroatoms. The van der Waals surface area contributed by atoms with Gasteiger partial charge in [-0.15, -0.1) is 0 Å². The van der Waals surface area contributed by atoms with Gasteiger partial charge in [0, 0.05) is 43.6 Å². The van der Waals surface area contributed by atoms with E-state index in [4.69, 9.17) is 0 Å². The second-order valence-corrected chi connectivity index (χ2v) is 4.13. The van der Waals surface area contributed by atoms with Crippen molar-refractivity contribution in [2.24, 2.45) is 9.98 Å². The fourth-order valence-electron chi connectivity index (χ4n) is 1.98. The Kier molecular flexibility index (Phi) is 4.89. The van der Waals surface area contributed by atoms with Crippen LogP contribution in [0.15, 0.2) is 59.0 Å². The van der Waals surface area contributed by atoms with Gasteiger partial charge in [0.15, 0.2) is 0 Å². The predicted molar refractivity (Wildman–Crippen MR) is 84.1 cm³/mol. The summed E-state index contributed by atoms with van der Waals surface area (Å²) in [6.07, 6.45) is 8.92. The Labute approximate surface area is 118 Å². The molecule has 0 amide bonds. The third kappa shape index (κ3) is 3.23. The van der Waals surface area contributed by atoms with Crippen LogP contribution >= 0.6 is 0 Å². The zero-order valence-corrected chi connectivity index (χ0v) is 11.4. The molecule has 100 valence electrons. The SMILES string of the molecule is C=NC/C(=C(\C=NC)c1ccncc1)c1ccncc1. The first-order valence-electron chi connectivity index (χ1n) is 6.25. The molecule has 2 rings (SSSR count). The van der Waals surface area contributed by atoms with Gasteiger partial charge in [-0.1, -0.05) is 0 Å². The molecule has 0 atom stereocenters. The van der Waals surface area contributed by atoms with Crippen LogP contribution in [0.5, 0.6) is 0 Å². The Bertz CT molecular complexity index is 615. The molecule has 0 aliphatic rings. The molecule has 0 aliphatic heterocycles. The fourth-order valence-corrected chi connectivity index (χ4v) is 1.98. The summed E-state index contributed by atoms with van der Waals surface area (Å²) in [5, 5.41) is 0. The molecule has 0 bridgehead atoms. The van der Waals surface area contributed by atoms with Crippen LogP contribution in [0.2, 0.25) is 0 Å². The van der Waals surface area contributed by atoms with Gasteiger partial charge < -0.3 is 0 Å². The van der Waals surface area contributed by atoms with Crippen LogP contribution in [0.1, 0.15) is 11.1 Å². The van der Waals surface area contributed by atoms with E-state index in [0.29, 0.717) is 6.54 Å². The molecule has 0 unspecified atom stereocenters. The fraction of sp³-hybridized carbons (Fsp3) is 0.125. The molecule has 2 heterocycles. The molecule has 0 saturated carbocycles. The van der Waals surface area contributed by atoms with Gasteiger partial charge in [-0.2, -0.15) is 0 Å². The first kappa shape index (κ1) is 13.8. The van der Waals surface area contributed by atoms with Gasteiger partial charge in [-0.25, -0.2) is 0 Å². The van der Waals surface area contributed by atoms with Crippen molar-refractivity contribution in [3.63, 3.8) is 0 Å². The largest absolute Gasteiger partial charge is 0.296 e. The lowest BCUT2D eigenvalue weighted by Crippen LogP contribution is -1.98. The Hall–Kier alpha value is -2.62. The number of allylic oxidation sites excluding steroid dienone is 1. The number of pyridine rings is 2. The van der Waals surface area contributed by atoms with Crippen LogP contribution < -0.4 is 0 Å². The van der Waals surface area contributed by atoms with E-state index in [1.807, 2.05) is 30.5 Å². The smallest absolute Gasteiger partial charge is 0.0645 e. The van der Waals surface area contributed by atoms with E-state index in [0.717, 1.165) is 22.3 Å². The van der Waals surface area contributed by atoms with E-state index in [1.54, 1.807) is 31.8 Å². The number of hydrogen-bond donors (Lipinski definition) is 0.